The van der Waals surface area contributed by atoms with Crippen molar-refractivity contribution in [3.63, 3.8) is 0 Å². The molecule has 6 rings (SSSR count). The molecule has 0 spiro atoms. The van der Waals surface area contributed by atoms with E-state index in [4.69, 9.17) is 0 Å². The molecule has 2 aliphatic rings. The van der Waals surface area contributed by atoms with Gasteiger partial charge in [-0.3, -0.25) is 14.5 Å². The Balaban J connectivity index is 1.26. The van der Waals surface area contributed by atoms with Crippen LogP contribution in [0.5, 0.6) is 5.75 Å². The molecule has 2 fully saturated rings. The van der Waals surface area contributed by atoms with Crippen LogP contribution in [0.1, 0.15) is 47.9 Å². The fourth-order valence-electron chi connectivity index (χ4n) is 6.02. The second-order valence-electron chi connectivity index (χ2n) is 11.1. The van der Waals surface area contributed by atoms with Gasteiger partial charge in [0.15, 0.2) is 0 Å². The molecule has 2 aliphatic heterocycles. The smallest absolute Gasteiger partial charge is 0.247 e. The maximum absolute atomic E-state index is 12.8. The van der Waals surface area contributed by atoms with Crippen molar-refractivity contribution < 1.29 is 14.7 Å². The highest BCUT2D eigenvalue weighted by atomic mass is 32.1. The number of carbonyl (C=O) groups is 2. The number of thiophene rings is 1. The first-order valence-corrected chi connectivity index (χ1v) is 14.9. The number of likely N-dealkylation sites (tertiary alicyclic amines) is 2. The molecule has 40 heavy (non-hydrogen) atoms. The molecule has 7 heteroatoms. The van der Waals surface area contributed by atoms with Crippen molar-refractivity contribution in [1.29, 1.82) is 0 Å². The van der Waals surface area contributed by atoms with Crippen LogP contribution in [0.4, 0.5) is 5.69 Å². The summed E-state index contributed by atoms with van der Waals surface area (Å²) in [6.07, 6.45) is 4.36. The van der Waals surface area contributed by atoms with E-state index in [0.717, 1.165) is 28.6 Å². The van der Waals surface area contributed by atoms with E-state index in [1.54, 1.807) is 24.5 Å². The van der Waals surface area contributed by atoms with Crippen molar-refractivity contribution >= 4 is 38.9 Å². The number of amides is 2. The highest BCUT2D eigenvalue weighted by Crippen LogP contribution is 2.41. The Labute approximate surface area is 239 Å². The summed E-state index contributed by atoms with van der Waals surface area (Å²) < 4.78 is 1.05. The quantitative estimate of drug-likeness (QED) is 0.281. The van der Waals surface area contributed by atoms with Crippen LogP contribution >= 0.6 is 11.3 Å². The Morgan fingerprint density at radius 3 is 2.52 bits per heavy atom. The van der Waals surface area contributed by atoms with E-state index in [-0.39, 0.29) is 17.6 Å². The molecule has 0 bridgehead atoms. The number of hydrogen-bond acceptors (Lipinski definition) is 5. The average Bonchev–Trinajstić information content (AvgIpc) is 3.66. The number of nitrogens with one attached hydrogen (secondary N) is 1. The van der Waals surface area contributed by atoms with Gasteiger partial charge in [0, 0.05) is 35.3 Å². The largest absolute Gasteiger partial charge is 0.508 e. The zero-order valence-corrected chi connectivity index (χ0v) is 23.9. The molecule has 1 atom stereocenters. The van der Waals surface area contributed by atoms with Crippen molar-refractivity contribution in [3.05, 3.63) is 82.9 Å². The van der Waals surface area contributed by atoms with Crippen LogP contribution in [-0.2, 0) is 22.6 Å². The first kappa shape index (κ1) is 26.5. The van der Waals surface area contributed by atoms with Gasteiger partial charge in [0.25, 0.3) is 0 Å². The van der Waals surface area contributed by atoms with Gasteiger partial charge in [-0.25, -0.2) is 0 Å². The fourth-order valence-corrected chi connectivity index (χ4v) is 7.28. The summed E-state index contributed by atoms with van der Waals surface area (Å²) in [5.74, 6) is 0.125. The predicted octanol–water partition coefficient (Wildman–Crippen LogP) is 6.33. The molecule has 2 saturated heterocycles. The van der Waals surface area contributed by atoms with Crippen molar-refractivity contribution in [2.24, 2.45) is 0 Å². The van der Waals surface area contributed by atoms with E-state index in [1.165, 1.54) is 58.0 Å². The van der Waals surface area contributed by atoms with Gasteiger partial charge in [-0.15, -0.1) is 11.3 Å². The summed E-state index contributed by atoms with van der Waals surface area (Å²) in [5.41, 5.74) is 7.04. The number of carbonyl (C=O) groups excluding carboxylic acids is 2. The Kier molecular flexibility index (Phi) is 7.34. The van der Waals surface area contributed by atoms with Gasteiger partial charge in [0.05, 0.1) is 0 Å². The monoisotopic (exact) mass is 553 g/mol. The summed E-state index contributed by atoms with van der Waals surface area (Å²) >= 11 is 1.68. The SMILES string of the molecule is Cc1cc(Cc2c(-c3ccc(NC(=O)C4CCC(=O)N4C)cc3)sc3cc(O)ccc23)ccc1CN1CCCC1. The maximum atomic E-state index is 12.8. The number of fused-ring (bicyclic) bond motifs is 1. The van der Waals surface area contributed by atoms with Gasteiger partial charge in [0.2, 0.25) is 11.8 Å². The number of phenols is 1. The van der Waals surface area contributed by atoms with Gasteiger partial charge < -0.3 is 15.3 Å². The lowest BCUT2D eigenvalue weighted by atomic mass is 9.96. The topological polar surface area (TPSA) is 72.9 Å². The summed E-state index contributed by atoms with van der Waals surface area (Å²) in [4.78, 5) is 29.8. The number of benzene rings is 3. The minimum Gasteiger partial charge on any atom is -0.508 e. The standard InChI is InChI=1S/C33H35N3O3S/c1-21-17-22(5-6-24(21)20-36-15-3-4-16-36)18-28-27-12-11-26(37)19-30(27)40-32(28)23-7-9-25(10-8-23)34-33(39)29-13-14-31(38)35(29)2/h5-12,17,19,29,37H,3-4,13-16,18,20H2,1-2H3,(H,34,39). The molecule has 1 unspecified atom stereocenters. The molecule has 0 radical (unpaired) electrons. The van der Waals surface area contributed by atoms with Crippen LogP contribution in [-0.4, -0.2) is 52.9 Å². The molecule has 6 nitrogen and oxygen atoms in total. The number of hydrogen-bond donors (Lipinski definition) is 2. The summed E-state index contributed by atoms with van der Waals surface area (Å²) in [6, 6.07) is 20.0. The van der Waals surface area contributed by atoms with E-state index in [2.05, 4.69) is 35.3 Å². The van der Waals surface area contributed by atoms with E-state index in [1.807, 2.05) is 36.4 Å². The first-order chi connectivity index (χ1) is 19.4. The Bertz CT molecular complexity index is 1570. The van der Waals surface area contributed by atoms with Crippen molar-refractivity contribution in [3.8, 4) is 16.2 Å². The number of aryl methyl sites for hydroxylation is 1. The van der Waals surface area contributed by atoms with Gasteiger partial charge in [-0.2, -0.15) is 0 Å². The van der Waals surface area contributed by atoms with Gasteiger partial charge >= 0.3 is 0 Å². The van der Waals surface area contributed by atoms with Crippen LogP contribution in [0, 0.1) is 6.92 Å². The van der Waals surface area contributed by atoms with E-state index in [9.17, 15) is 14.7 Å². The second-order valence-corrected chi connectivity index (χ2v) is 12.2. The van der Waals surface area contributed by atoms with Crippen LogP contribution in [0.25, 0.3) is 20.5 Å². The predicted molar refractivity (Wildman–Crippen MR) is 162 cm³/mol. The third-order valence-corrected chi connectivity index (χ3v) is 9.61. The molecule has 0 saturated carbocycles. The van der Waals surface area contributed by atoms with Crippen molar-refractivity contribution in [2.45, 2.75) is 51.6 Å². The minimum absolute atomic E-state index is 0.00949. The summed E-state index contributed by atoms with van der Waals surface area (Å²) in [7, 11) is 1.69. The van der Waals surface area contributed by atoms with Crippen LogP contribution in [0.2, 0.25) is 0 Å². The number of likely N-dealkylation sites (N-methyl/N-ethyl adjacent to an activating group) is 1. The zero-order valence-electron chi connectivity index (χ0n) is 23.1. The zero-order chi connectivity index (χ0) is 27.8. The molecular formula is C33H35N3O3S. The molecule has 0 aliphatic carbocycles. The third-order valence-electron chi connectivity index (χ3n) is 8.37. The van der Waals surface area contributed by atoms with Crippen LogP contribution in [0.3, 0.4) is 0 Å². The van der Waals surface area contributed by atoms with Gasteiger partial charge in [-0.05, 0) is 109 Å². The Hall–Kier alpha value is -3.68. The fraction of sp³-hybridized carbons (Fsp3) is 0.333. The van der Waals surface area contributed by atoms with Gasteiger partial charge in [-0.1, -0.05) is 30.3 Å². The molecule has 2 amide bonds. The first-order valence-electron chi connectivity index (χ1n) is 14.1. The maximum Gasteiger partial charge on any atom is 0.247 e. The number of nitrogens with zero attached hydrogens (tertiary/aromatic N) is 2. The molecule has 4 aromatic rings. The van der Waals surface area contributed by atoms with Crippen LogP contribution < -0.4 is 5.32 Å². The second kappa shape index (κ2) is 11.1. The highest BCUT2D eigenvalue weighted by Gasteiger charge is 2.33. The normalized spacial score (nSPS) is 17.7. The lowest BCUT2D eigenvalue weighted by Gasteiger charge is -2.19. The molecular weight excluding hydrogens is 518 g/mol. The number of aromatic hydroxyl groups is 1. The third kappa shape index (κ3) is 5.36. The molecule has 1 aromatic heterocycles. The lowest BCUT2D eigenvalue weighted by Crippen LogP contribution is -2.38. The lowest BCUT2D eigenvalue weighted by molar-refractivity contribution is -0.131. The highest BCUT2D eigenvalue weighted by molar-refractivity contribution is 7.22. The van der Waals surface area contributed by atoms with Crippen molar-refractivity contribution in [2.75, 3.05) is 25.5 Å². The molecule has 3 heterocycles. The number of phenolic OH excluding ortho intramolecular Hbond substituents is 1. The Morgan fingerprint density at radius 1 is 1.05 bits per heavy atom. The van der Waals surface area contributed by atoms with E-state index >= 15 is 0 Å². The molecule has 206 valence electrons. The Morgan fingerprint density at radius 2 is 1.82 bits per heavy atom. The van der Waals surface area contributed by atoms with Crippen molar-refractivity contribution in [1.82, 2.24) is 9.80 Å². The number of anilines is 1. The van der Waals surface area contributed by atoms with Gasteiger partial charge in [0.1, 0.15) is 11.8 Å². The average molecular weight is 554 g/mol. The molecule has 2 N–H and O–H groups in total. The minimum atomic E-state index is -0.417. The van der Waals surface area contributed by atoms with E-state index in [0.29, 0.717) is 18.5 Å². The summed E-state index contributed by atoms with van der Waals surface area (Å²) in [6.45, 7) is 5.62. The number of rotatable bonds is 7. The molecule has 3 aromatic carbocycles. The van der Waals surface area contributed by atoms with Crippen LogP contribution in [0.15, 0.2) is 60.7 Å². The van der Waals surface area contributed by atoms with E-state index < -0.39 is 6.04 Å². The summed E-state index contributed by atoms with van der Waals surface area (Å²) in [5, 5.41) is 14.3.